The highest BCUT2D eigenvalue weighted by atomic mass is 32.2. The minimum Gasteiger partial charge on any atom is -0.370 e. The van der Waals surface area contributed by atoms with Crippen LogP contribution in [0.2, 0.25) is 0 Å². The summed E-state index contributed by atoms with van der Waals surface area (Å²) in [5.41, 5.74) is 5.64. The van der Waals surface area contributed by atoms with Gasteiger partial charge in [-0.2, -0.15) is 9.36 Å². The van der Waals surface area contributed by atoms with Crippen molar-refractivity contribution in [3.63, 3.8) is 0 Å². The number of aromatic nitrogens is 4. The third kappa shape index (κ3) is 3.27. The molecule has 0 saturated carbocycles. The second kappa shape index (κ2) is 5.28. The predicted molar refractivity (Wildman–Crippen MR) is 69.4 cm³/mol. The molecular formula is C9H12N6S2. The second-order valence-electron chi connectivity index (χ2n) is 3.19. The molecule has 2 rings (SSSR count). The molecule has 17 heavy (non-hydrogen) atoms. The van der Waals surface area contributed by atoms with Gasteiger partial charge in [0.25, 0.3) is 0 Å². The number of nitrogen functional groups attached to an aromatic ring is 1. The van der Waals surface area contributed by atoms with Crippen molar-refractivity contribution in [2.24, 2.45) is 0 Å². The Morgan fingerprint density at radius 3 is 2.88 bits per heavy atom. The van der Waals surface area contributed by atoms with Gasteiger partial charge < -0.3 is 11.1 Å². The van der Waals surface area contributed by atoms with Crippen LogP contribution in [0.4, 0.5) is 11.8 Å². The van der Waals surface area contributed by atoms with Gasteiger partial charge in [0.15, 0.2) is 4.34 Å². The van der Waals surface area contributed by atoms with Crippen LogP contribution in [0.15, 0.2) is 15.4 Å². The monoisotopic (exact) mass is 268 g/mol. The second-order valence-corrected chi connectivity index (χ2v) is 5.21. The molecule has 6 nitrogen and oxygen atoms in total. The average molecular weight is 268 g/mol. The molecule has 0 amide bonds. The van der Waals surface area contributed by atoms with Gasteiger partial charge in [-0.1, -0.05) is 0 Å². The van der Waals surface area contributed by atoms with Gasteiger partial charge in [0, 0.05) is 12.6 Å². The van der Waals surface area contributed by atoms with Crippen LogP contribution in [0.3, 0.4) is 0 Å². The molecule has 2 aromatic heterocycles. The summed E-state index contributed by atoms with van der Waals surface area (Å²) in [7, 11) is 0. The van der Waals surface area contributed by atoms with Crippen LogP contribution in [-0.2, 0) is 0 Å². The minimum atomic E-state index is 0.257. The highest BCUT2D eigenvalue weighted by Crippen LogP contribution is 2.28. The topological polar surface area (TPSA) is 89.6 Å². The number of hydrogen-bond donors (Lipinski definition) is 2. The highest BCUT2D eigenvalue weighted by molar-refractivity contribution is 8.00. The van der Waals surface area contributed by atoms with Crippen molar-refractivity contribution in [3.05, 3.63) is 11.9 Å². The molecule has 8 heteroatoms. The Balaban J connectivity index is 2.20. The van der Waals surface area contributed by atoms with Gasteiger partial charge in [-0.25, -0.2) is 9.97 Å². The summed E-state index contributed by atoms with van der Waals surface area (Å²) in [6, 6.07) is 1.85. The largest absolute Gasteiger partial charge is 0.370 e. The van der Waals surface area contributed by atoms with Crippen molar-refractivity contribution >= 4 is 35.1 Å². The first-order valence-electron chi connectivity index (χ1n) is 5.04. The normalized spacial score (nSPS) is 10.5. The summed E-state index contributed by atoms with van der Waals surface area (Å²) < 4.78 is 4.96. The Labute approximate surface area is 107 Å². The molecule has 0 aliphatic rings. The van der Waals surface area contributed by atoms with Crippen LogP contribution >= 0.6 is 23.3 Å². The van der Waals surface area contributed by atoms with Crippen LogP contribution in [0.1, 0.15) is 12.7 Å². The molecule has 2 heterocycles. The Kier molecular flexibility index (Phi) is 3.75. The molecule has 0 aromatic carbocycles. The Bertz CT molecular complexity index is 512. The molecular weight excluding hydrogens is 256 g/mol. The lowest BCUT2D eigenvalue weighted by Crippen LogP contribution is -2.03. The smallest absolute Gasteiger partial charge is 0.223 e. The van der Waals surface area contributed by atoms with E-state index in [0.29, 0.717) is 0 Å². The number of rotatable bonds is 4. The van der Waals surface area contributed by atoms with Gasteiger partial charge in [0.05, 0.1) is 0 Å². The van der Waals surface area contributed by atoms with E-state index in [1.165, 1.54) is 23.3 Å². The average Bonchev–Trinajstić information content (AvgIpc) is 2.63. The number of nitrogens with zero attached hydrogens (tertiary/aromatic N) is 4. The number of nitrogens with one attached hydrogen (secondary N) is 1. The van der Waals surface area contributed by atoms with E-state index in [4.69, 9.17) is 5.73 Å². The molecule has 0 aliphatic heterocycles. The molecule has 0 aliphatic carbocycles. The third-order valence-corrected chi connectivity index (χ3v) is 3.54. The maximum atomic E-state index is 5.64. The fourth-order valence-corrected chi connectivity index (χ4v) is 2.78. The maximum absolute atomic E-state index is 5.64. The molecule has 2 aromatic rings. The van der Waals surface area contributed by atoms with Crippen LogP contribution in [0.5, 0.6) is 0 Å². The summed E-state index contributed by atoms with van der Waals surface area (Å²) in [5, 5.41) is 3.87. The van der Waals surface area contributed by atoms with E-state index < -0.39 is 0 Å². The van der Waals surface area contributed by atoms with Crippen molar-refractivity contribution in [1.82, 2.24) is 19.3 Å². The lowest BCUT2D eigenvalue weighted by molar-refractivity contribution is 1.04. The highest BCUT2D eigenvalue weighted by Gasteiger charge is 2.07. The first kappa shape index (κ1) is 12.1. The predicted octanol–water partition coefficient (Wildman–Crippen LogP) is 1.80. The molecule has 0 bridgehead atoms. The van der Waals surface area contributed by atoms with Crippen molar-refractivity contribution in [1.29, 1.82) is 0 Å². The van der Waals surface area contributed by atoms with Crippen molar-refractivity contribution in [2.75, 3.05) is 17.6 Å². The van der Waals surface area contributed by atoms with Gasteiger partial charge in [-0.05, 0) is 37.1 Å². The fraction of sp³-hybridized carbons (Fsp3) is 0.333. The van der Waals surface area contributed by atoms with Crippen LogP contribution < -0.4 is 11.1 Å². The standard InChI is InChI=1S/C9H12N6S2/c1-3-11-6-4-7(14-8(10)13-6)16-9-12-5(2)15-17-9/h4H,3H2,1-2H3,(H3,10,11,13,14). The Morgan fingerprint density at radius 2 is 2.24 bits per heavy atom. The van der Waals surface area contributed by atoms with Gasteiger partial charge in [0.2, 0.25) is 5.95 Å². The van der Waals surface area contributed by atoms with E-state index in [1.807, 2.05) is 19.9 Å². The van der Waals surface area contributed by atoms with Crippen molar-refractivity contribution < 1.29 is 0 Å². The summed E-state index contributed by atoms with van der Waals surface area (Å²) in [6.45, 7) is 4.65. The van der Waals surface area contributed by atoms with E-state index in [0.717, 1.165) is 27.6 Å². The third-order valence-electron chi connectivity index (χ3n) is 1.78. The zero-order valence-corrected chi connectivity index (χ0v) is 11.1. The molecule has 90 valence electrons. The van der Waals surface area contributed by atoms with Crippen LogP contribution in [0, 0.1) is 6.92 Å². The molecule has 0 saturated heterocycles. The van der Waals surface area contributed by atoms with E-state index in [2.05, 4.69) is 24.6 Å². The first-order valence-corrected chi connectivity index (χ1v) is 6.63. The van der Waals surface area contributed by atoms with Gasteiger partial charge in [0.1, 0.15) is 16.7 Å². The molecule has 0 spiro atoms. The van der Waals surface area contributed by atoms with E-state index in [9.17, 15) is 0 Å². The van der Waals surface area contributed by atoms with Crippen molar-refractivity contribution in [2.45, 2.75) is 23.2 Å². The van der Waals surface area contributed by atoms with Crippen molar-refractivity contribution in [3.8, 4) is 0 Å². The fourth-order valence-electron chi connectivity index (χ4n) is 1.18. The SMILES string of the molecule is CCNc1cc(Sc2nc(C)ns2)nc(N)n1. The van der Waals surface area contributed by atoms with Gasteiger partial charge in [-0.15, -0.1) is 0 Å². The number of hydrogen-bond acceptors (Lipinski definition) is 8. The van der Waals surface area contributed by atoms with E-state index in [-0.39, 0.29) is 5.95 Å². The number of anilines is 2. The molecule has 0 fully saturated rings. The zero-order valence-electron chi connectivity index (χ0n) is 9.47. The summed E-state index contributed by atoms with van der Waals surface area (Å²) >= 11 is 2.79. The molecule has 0 unspecified atom stereocenters. The number of nitrogens with two attached hydrogens (primary N) is 1. The van der Waals surface area contributed by atoms with Gasteiger partial charge >= 0.3 is 0 Å². The van der Waals surface area contributed by atoms with E-state index in [1.54, 1.807) is 0 Å². The first-order chi connectivity index (χ1) is 8.17. The van der Waals surface area contributed by atoms with Gasteiger partial charge in [-0.3, -0.25) is 0 Å². The Morgan fingerprint density at radius 1 is 1.41 bits per heavy atom. The summed E-state index contributed by atoms with van der Waals surface area (Å²) in [5.74, 6) is 1.75. The van der Waals surface area contributed by atoms with Crippen LogP contribution in [-0.4, -0.2) is 25.9 Å². The number of aryl methyl sites for hydroxylation is 1. The molecule has 3 N–H and O–H groups in total. The summed E-state index contributed by atoms with van der Waals surface area (Å²) in [6.07, 6.45) is 0. The zero-order chi connectivity index (χ0) is 12.3. The maximum Gasteiger partial charge on any atom is 0.223 e. The summed E-state index contributed by atoms with van der Waals surface area (Å²) in [4.78, 5) is 12.5. The molecule has 0 radical (unpaired) electrons. The van der Waals surface area contributed by atoms with Crippen LogP contribution in [0.25, 0.3) is 0 Å². The quantitative estimate of drug-likeness (QED) is 0.817. The Hall–Kier alpha value is -1.41. The minimum absolute atomic E-state index is 0.257. The lowest BCUT2D eigenvalue weighted by atomic mass is 10.5. The lowest BCUT2D eigenvalue weighted by Gasteiger charge is -2.04. The van der Waals surface area contributed by atoms with E-state index >= 15 is 0 Å². The molecule has 0 atom stereocenters.